The number of esters is 1. The fraction of sp³-hybridized carbons (Fsp3) is 0.562. The standard InChI is InChI=1S/C16H21NO5/c1-9-2-4-10(5-3-9)16(21)22-12-8-17-7-6-11(18)13(17)15(20)14(12)19/h2-5,11-15,18-20H,6-8H2,1H3/t11-,12-,13+,14+,15+/m0/s1. The number of benzene rings is 1. The van der Waals surface area contributed by atoms with Crippen LogP contribution in [0.4, 0.5) is 0 Å². The molecule has 3 rings (SSSR count). The maximum atomic E-state index is 12.2. The second kappa shape index (κ2) is 5.96. The summed E-state index contributed by atoms with van der Waals surface area (Å²) in [7, 11) is 0. The molecule has 6 nitrogen and oxygen atoms in total. The first-order chi connectivity index (χ1) is 10.5. The number of hydrogen-bond donors (Lipinski definition) is 3. The second-order valence-corrected chi connectivity index (χ2v) is 6.13. The zero-order valence-electron chi connectivity index (χ0n) is 12.4. The van der Waals surface area contributed by atoms with E-state index in [2.05, 4.69) is 0 Å². The van der Waals surface area contributed by atoms with Crippen LogP contribution in [0.15, 0.2) is 24.3 Å². The molecule has 0 bridgehead atoms. The van der Waals surface area contributed by atoms with Crippen molar-refractivity contribution in [2.45, 2.75) is 43.8 Å². The second-order valence-electron chi connectivity index (χ2n) is 6.13. The lowest BCUT2D eigenvalue weighted by Crippen LogP contribution is -2.62. The largest absolute Gasteiger partial charge is 0.455 e. The number of aliphatic hydroxyl groups is 3. The predicted molar refractivity (Wildman–Crippen MR) is 78.4 cm³/mol. The molecule has 0 radical (unpaired) electrons. The number of piperidine rings is 1. The van der Waals surface area contributed by atoms with Gasteiger partial charge in [-0.25, -0.2) is 4.79 Å². The van der Waals surface area contributed by atoms with E-state index in [0.29, 0.717) is 25.1 Å². The monoisotopic (exact) mass is 307 g/mol. The van der Waals surface area contributed by atoms with Crippen LogP contribution in [0.2, 0.25) is 0 Å². The Hall–Kier alpha value is -1.47. The number of carbonyl (C=O) groups excluding carboxylic acids is 1. The van der Waals surface area contributed by atoms with Crippen LogP contribution < -0.4 is 0 Å². The molecule has 2 saturated heterocycles. The number of hydrogen-bond acceptors (Lipinski definition) is 6. The number of nitrogens with zero attached hydrogens (tertiary/aromatic N) is 1. The lowest BCUT2D eigenvalue weighted by Gasteiger charge is -2.42. The molecule has 0 unspecified atom stereocenters. The minimum atomic E-state index is -1.19. The maximum absolute atomic E-state index is 12.2. The zero-order valence-corrected chi connectivity index (χ0v) is 12.4. The summed E-state index contributed by atoms with van der Waals surface area (Å²) in [5.74, 6) is -0.519. The minimum absolute atomic E-state index is 0.317. The van der Waals surface area contributed by atoms with Crippen molar-refractivity contribution in [3.8, 4) is 0 Å². The number of carbonyl (C=O) groups is 1. The Balaban J connectivity index is 1.70. The molecule has 6 heteroatoms. The Bertz CT molecular complexity index is 546. The molecular formula is C16H21NO5. The number of ether oxygens (including phenoxy) is 1. The van der Waals surface area contributed by atoms with E-state index in [1.54, 1.807) is 12.1 Å². The van der Waals surface area contributed by atoms with E-state index in [1.807, 2.05) is 24.0 Å². The van der Waals surface area contributed by atoms with Crippen molar-refractivity contribution in [1.29, 1.82) is 0 Å². The molecule has 0 saturated carbocycles. The summed E-state index contributed by atoms with van der Waals surface area (Å²) >= 11 is 0. The first-order valence-electron chi connectivity index (χ1n) is 7.53. The summed E-state index contributed by atoms with van der Waals surface area (Å²) in [6.45, 7) is 2.86. The van der Waals surface area contributed by atoms with Crippen molar-refractivity contribution in [2.75, 3.05) is 13.1 Å². The Morgan fingerprint density at radius 1 is 1.18 bits per heavy atom. The zero-order chi connectivity index (χ0) is 15.9. The van der Waals surface area contributed by atoms with E-state index in [-0.39, 0.29) is 0 Å². The summed E-state index contributed by atoms with van der Waals surface area (Å²) in [5.41, 5.74) is 1.45. The number of aliphatic hydroxyl groups excluding tert-OH is 3. The van der Waals surface area contributed by atoms with Crippen LogP contribution in [0.3, 0.4) is 0 Å². The Morgan fingerprint density at radius 2 is 1.86 bits per heavy atom. The molecule has 3 N–H and O–H groups in total. The summed E-state index contributed by atoms with van der Waals surface area (Å²) < 4.78 is 5.37. The van der Waals surface area contributed by atoms with E-state index in [1.165, 1.54) is 0 Å². The molecule has 2 fully saturated rings. The van der Waals surface area contributed by atoms with Crippen LogP contribution in [0.1, 0.15) is 22.3 Å². The molecule has 0 spiro atoms. The van der Waals surface area contributed by atoms with E-state index in [0.717, 1.165) is 5.56 Å². The van der Waals surface area contributed by atoms with E-state index >= 15 is 0 Å². The highest BCUT2D eigenvalue weighted by atomic mass is 16.6. The average molecular weight is 307 g/mol. The summed E-state index contributed by atoms with van der Waals surface area (Å²) in [6, 6.07) is 6.49. The van der Waals surface area contributed by atoms with Gasteiger partial charge in [-0.1, -0.05) is 17.7 Å². The van der Waals surface area contributed by atoms with E-state index < -0.39 is 36.4 Å². The topological polar surface area (TPSA) is 90.2 Å². The van der Waals surface area contributed by atoms with Crippen LogP contribution in [-0.2, 0) is 4.74 Å². The van der Waals surface area contributed by atoms with Gasteiger partial charge < -0.3 is 20.1 Å². The Kier molecular flexibility index (Phi) is 4.18. The van der Waals surface area contributed by atoms with Gasteiger partial charge in [0, 0.05) is 13.1 Å². The third-order valence-electron chi connectivity index (χ3n) is 4.57. The van der Waals surface area contributed by atoms with Gasteiger partial charge in [0.25, 0.3) is 0 Å². The fourth-order valence-electron chi connectivity index (χ4n) is 3.28. The smallest absolute Gasteiger partial charge is 0.338 e. The Morgan fingerprint density at radius 3 is 2.55 bits per heavy atom. The van der Waals surface area contributed by atoms with Crippen LogP contribution in [0.5, 0.6) is 0 Å². The third-order valence-corrected chi connectivity index (χ3v) is 4.57. The van der Waals surface area contributed by atoms with Crippen molar-refractivity contribution < 1.29 is 24.9 Å². The minimum Gasteiger partial charge on any atom is -0.455 e. The molecule has 5 atom stereocenters. The van der Waals surface area contributed by atoms with Gasteiger partial charge in [0.05, 0.1) is 17.7 Å². The molecule has 2 aliphatic rings. The normalized spacial score (nSPS) is 35.2. The number of fused-ring (bicyclic) bond motifs is 1. The first-order valence-corrected chi connectivity index (χ1v) is 7.53. The molecule has 0 aromatic heterocycles. The highest BCUT2D eigenvalue weighted by Crippen LogP contribution is 2.29. The van der Waals surface area contributed by atoms with Gasteiger partial charge >= 0.3 is 5.97 Å². The molecule has 2 heterocycles. The average Bonchev–Trinajstić information content (AvgIpc) is 2.86. The quantitative estimate of drug-likeness (QED) is 0.650. The van der Waals surface area contributed by atoms with Crippen molar-refractivity contribution in [1.82, 2.24) is 4.90 Å². The molecule has 1 aromatic carbocycles. The van der Waals surface area contributed by atoms with Gasteiger partial charge in [0.1, 0.15) is 18.3 Å². The van der Waals surface area contributed by atoms with Crippen LogP contribution in [0.25, 0.3) is 0 Å². The molecule has 1 aromatic rings. The van der Waals surface area contributed by atoms with Crippen LogP contribution >= 0.6 is 0 Å². The Labute approximate surface area is 128 Å². The molecule has 22 heavy (non-hydrogen) atoms. The lowest BCUT2D eigenvalue weighted by molar-refractivity contribution is -0.143. The van der Waals surface area contributed by atoms with Gasteiger partial charge in [0.15, 0.2) is 0 Å². The fourth-order valence-corrected chi connectivity index (χ4v) is 3.28. The van der Waals surface area contributed by atoms with Gasteiger partial charge in [0.2, 0.25) is 0 Å². The SMILES string of the molecule is Cc1ccc(C(=O)O[C@H]2CN3CC[C@H](O)[C@@H]3[C@@H](O)[C@@H]2O)cc1. The van der Waals surface area contributed by atoms with Gasteiger partial charge in [-0.05, 0) is 25.5 Å². The summed E-state index contributed by atoms with van der Waals surface area (Å²) in [4.78, 5) is 14.0. The molecule has 2 aliphatic heterocycles. The first kappa shape index (κ1) is 15.4. The van der Waals surface area contributed by atoms with Gasteiger partial charge in [-0.15, -0.1) is 0 Å². The van der Waals surface area contributed by atoms with Crippen molar-refractivity contribution in [2.24, 2.45) is 0 Å². The highest BCUT2D eigenvalue weighted by molar-refractivity contribution is 5.89. The molecule has 0 amide bonds. The molecular weight excluding hydrogens is 286 g/mol. The van der Waals surface area contributed by atoms with Crippen molar-refractivity contribution in [3.63, 3.8) is 0 Å². The number of rotatable bonds is 2. The van der Waals surface area contributed by atoms with Gasteiger partial charge in [-0.2, -0.15) is 0 Å². The highest BCUT2D eigenvalue weighted by Gasteiger charge is 2.49. The van der Waals surface area contributed by atoms with Crippen LogP contribution in [0, 0.1) is 6.92 Å². The predicted octanol–water partition coefficient (Wildman–Crippen LogP) is -0.309. The maximum Gasteiger partial charge on any atom is 0.338 e. The van der Waals surface area contributed by atoms with Crippen molar-refractivity contribution in [3.05, 3.63) is 35.4 Å². The number of aryl methyl sites for hydroxylation is 1. The van der Waals surface area contributed by atoms with E-state index in [9.17, 15) is 20.1 Å². The summed E-state index contributed by atoms with van der Waals surface area (Å²) in [5, 5.41) is 30.2. The van der Waals surface area contributed by atoms with Gasteiger partial charge in [-0.3, -0.25) is 4.90 Å². The molecule has 120 valence electrons. The van der Waals surface area contributed by atoms with Crippen LogP contribution in [-0.4, -0.2) is 69.7 Å². The molecule has 0 aliphatic carbocycles. The van der Waals surface area contributed by atoms with Crippen molar-refractivity contribution >= 4 is 5.97 Å². The van der Waals surface area contributed by atoms with E-state index in [4.69, 9.17) is 4.74 Å². The lowest BCUT2D eigenvalue weighted by atomic mass is 9.93. The third kappa shape index (κ3) is 2.75. The summed E-state index contributed by atoms with van der Waals surface area (Å²) in [6.07, 6.45) is -3.22.